The fourth-order valence-corrected chi connectivity index (χ4v) is 1.69. The topological polar surface area (TPSA) is 95.5 Å². The van der Waals surface area contributed by atoms with Gasteiger partial charge in [-0.2, -0.15) is 0 Å². The molecule has 0 atom stereocenters. The molecule has 0 rings (SSSR count). The molecule has 6 nitrogen and oxygen atoms in total. The van der Waals surface area contributed by atoms with E-state index in [2.05, 4.69) is 10.6 Å². The average molecular weight is 258 g/mol. The second-order valence-electron chi connectivity index (χ2n) is 4.20. The van der Waals surface area contributed by atoms with Crippen LogP contribution in [-0.2, 0) is 14.4 Å². The first kappa shape index (κ1) is 16.4. The van der Waals surface area contributed by atoms with Gasteiger partial charge in [0.15, 0.2) is 0 Å². The fraction of sp³-hybridized carbons (Fsp3) is 0.750. The first-order valence-corrected chi connectivity index (χ1v) is 6.18. The highest BCUT2D eigenvalue weighted by Crippen LogP contribution is 2.30. The number of carbonyl (C=O) groups is 3. The number of amides is 2. The van der Waals surface area contributed by atoms with E-state index in [0.717, 1.165) is 0 Å². The van der Waals surface area contributed by atoms with E-state index in [1.807, 2.05) is 0 Å². The minimum Gasteiger partial charge on any atom is -0.481 e. The van der Waals surface area contributed by atoms with E-state index in [9.17, 15) is 19.5 Å². The largest absolute Gasteiger partial charge is 0.481 e. The van der Waals surface area contributed by atoms with Crippen molar-refractivity contribution in [3.05, 3.63) is 0 Å². The maximum atomic E-state index is 11.6. The normalized spacial score (nSPS) is 10.8. The Hall–Kier alpha value is -1.59. The Labute approximate surface area is 107 Å². The third kappa shape index (κ3) is 4.73. The Kier molecular flexibility index (Phi) is 7.00. The molecule has 0 saturated heterocycles. The Balaban J connectivity index is 4.36. The smallest absolute Gasteiger partial charge is 0.310 e. The Morgan fingerprint density at radius 1 is 1.00 bits per heavy atom. The van der Waals surface area contributed by atoms with E-state index >= 15 is 0 Å². The molecule has 0 aliphatic heterocycles. The predicted octanol–water partition coefficient (Wildman–Crippen LogP) is 0.520. The Bertz CT molecular complexity index is 311. The van der Waals surface area contributed by atoms with Gasteiger partial charge in [-0.1, -0.05) is 13.8 Å². The number of hydrogen-bond donors (Lipinski definition) is 3. The lowest BCUT2D eigenvalue weighted by molar-refractivity contribution is -0.152. The molecule has 0 aromatic rings. The molecular formula is C12H22N2O4. The molecule has 0 aliphatic carbocycles. The summed E-state index contributed by atoms with van der Waals surface area (Å²) in [5, 5.41) is 14.2. The average Bonchev–Trinajstić information content (AvgIpc) is 2.33. The maximum Gasteiger partial charge on any atom is 0.310 e. The van der Waals surface area contributed by atoms with Crippen molar-refractivity contribution in [2.75, 3.05) is 13.1 Å². The molecule has 0 bridgehead atoms. The molecule has 2 amide bonds. The molecule has 0 aromatic heterocycles. The first-order valence-electron chi connectivity index (χ1n) is 6.18. The summed E-state index contributed by atoms with van der Waals surface area (Å²) < 4.78 is 0. The highest BCUT2D eigenvalue weighted by atomic mass is 16.4. The van der Waals surface area contributed by atoms with Crippen LogP contribution in [0.1, 0.15) is 40.0 Å². The number of carboxylic acid groups (broad SMARTS) is 1. The van der Waals surface area contributed by atoms with Crippen LogP contribution in [0.4, 0.5) is 0 Å². The molecule has 6 heteroatoms. The molecule has 3 N–H and O–H groups in total. The summed E-state index contributed by atoms with van der Waals surface area (Å²) >= 11 is 0. The van der Waals surface area contributed by atoms with Crippen molar-refractivity contribution in [2.24, 2.45) is 5.41 Å². The summed E-state index contributed by atoms with van der Waals surface area (Å²) in [6, 6.07) is 0. The van der Waals surface area contributed by atoms with Gasteiger partial charge in [-0.15, -0.1) is 0 Å². The highest BCUT2D eigenvalue weighted by molar-refractivity contribution is 5.88. The number of hydrogen-bond acceptors (Lipinski definition) is 3. The molecule has 0 fully saturated rings. The molecule has 104 valence electrons. The van der Waals surface area contributed by atoms with Crippen molar-refractivity contribution in [2.45, 2.75) is 40.0 Å². The third-order valence-electron chi connectivity index (χ3n) is 3.13. The van der Waals surface area contributed by atoms with Crippen molar-refractivity contribution in [1.82, 2.24) is 10.6 Å². The van der Waals surface area contributed by atoms with E-state index in [0.29, 0.717) is 19.4 Å². The SMILES string of the molecule is CCNC(=O)CNC(=O)CC(CC)(CC)C(=O)O. The van der Waals surface area contributed by atoms with Crippen LogP contribution in [0.2, 0.25) is 0 Å². The lowest BCUT2D eigenvalue weighted by Crippen LogP contribution is -2.41. The van der Waals surface area contributed by atoms with Gasteiger partial charge in [0.1, 0.15) is 0 Å². The van der Waals surface area contributed by atoms with Gasteiger partial charge < -0.3 is 15.7 Å². The molecule has 0 aromatic carbocycles. The lowest BCUT2D eigenvalue weighted by atomic mass is 9.79. The summed E-state index contributed by atoms with van der Waals surface area (Å²) in [6.07, 6.45) is 0.662. The number of nitrogens with one attached hydrogen (secondary N) is 2. The van der Waals surface area contributed by atoms with Crippen LogP contribution in [0.15, 0.2) is 0 Å². The second kappa shape index (κ2) is 7.68. The van der Waals surface area contributed by atoms with E-state index in [4.69, 9.17) is 0 Å². The van der Waals surface area contributed by atoms with Gasteiger partial charge in [0.05, 0.1) is 12.0 Å². The van der Waals surface area contributed by atoms with Crippen LogP contribution in [0.25, 0.3) is 0 Å². The van der Waals surface area contributed by atoms with Gasteiger partial charge in [0, 0.05) is 13.0 Å². The number of carboxylic acids is 1. The minimum absolute atomic E-state index is 0.102. The lowest BCUT2D eigenvalue weighted by Gasteiger charge is -2.25. The van der Waals surface area contributed by atoms with Crippen LogP contribution >= 0.6 is 0 Å². The van der Waals surface area contributed by atoms with Crippen molar-refractivity contribution >= 4 is 17.8 Å². The molecule has 18 heavy (non-hydrogen) atoms. The van der Waals surface area contributed by atoms with Gasteiger partial charge in [0.25, 0.3) is 0 Å². The number of rotatable bonds is 8. The van der Waals surface area contributed by atoms with E-state index < -0.39 is 17.3 Å². The number of aliphatic carboxylic acids is 1. The zero-order valence-corrected chi connectivity index (χ0v) is 11.2. The van der Waals surface area contributed by atoms with Crippen LogP contribution in [0, 0.1) is 5.41 Å². The molecular weight excluding hydrogens is 236 g/mol. The van der Waals surface area contributed by atoms with Gasteiger partial charge in [-0.25, -0.2) is 0 Å². The quantitative estimate of drug-likeness (QED) is 0.591. The predicted molar refractivity (Wildman–Crippen MR) is 67.0 cm³/mol. The molecule has 0 unspecified atom stereocenters. The minimum atomic E-state index is -1.04. The summed E-state index contributed by atoms with van der Waals surface area (Å²) in [5.41, 5.74) is -1.04. The van der Waals surface area contributed by atoms with Crippen molar-refractivity contribution in [3.63, 3.8) is 0 Å². The molecule has 0 saturated carbocycles. The third-order valence-corrected chi connectivity index (χ3v) is 3.13. The molecule has 0 spiro atoms. The molecule has 0 aliphatic rings. The van der Waals surface area contributed by atoms with Crippen molar-refractivity contribution < 1.29 is 19.5 Å². The number of likely N-dealkylation sites (N-methyl/N-ethyl adjacent to an activating group) is 1. The maximum absolute atomic E-state index is 11.6. The zero-order chi connectivity index (χ0) is 14.2. The highest BCUT2D eigenvalue weighted by Gasteiger charge is 2.37. The van der Waals surface area contributed by atoms with Gasteiger partial charge >= 0.3 is 5.97 Å². The first-order chi connectivity index (χ1) is 8.41. The van der Waals surface area contributed by atoms with Gasteiger partial charge in [0.2, 0.25) is 11.8 Å². The fourth-order valence-electron chi connectivity index (χ4n) is 1.69. The van der Waals surface area contributed by atoms with Gasteiger partial charge in [-0.05, 0) is 19.8 Å². The monoisotopic (exact) mass is 258 g/mol. The summed E-state index contributed by atoms with van der Waals surface area (Å²) in [6.45, 7) is 5.65. The zero-order valence-electron chi connectivity index (χ0n) is 11.2. The molecule has 0 heterocycles. The van der Waals surface area contributed by atoms with E-state index in [1.54, 1.807) is 20.8 Å². The summed E-state index contributed by atoms with van der Waals surface area (Å²) in [4.78, 5) is 34.0. The Morgan fingerprint density at radius 2 is 1.56 bits per heavy atom. The summed E-state index contributed by atoms with van der Waals surface area (Å²) in [5.74, 6) is -1.66. The summed E-state index contributed by atoms with van der Waals surface area (Å²) in [7, 11) is 0. The van der Waals surface area contributed by atoms with Crippen molar-refractivity contribution in [1.29, 1.82) is 0 Å². The van der Waals surface area contributed by atoms with Gasteiger partial charge in [-0.3, -0.25) is 14.4 Å². The van der Waals surface area contributed by atoms with E-state index in [-0.39, 0.29) is 18.9 Å². The van der Waals surface area contributed by atoms with Crippen LogP contribution in [0.3, 0.4) is 0 Å². The number of carbonyl (C=O) groups excluding carboxylic acids is 2. The van der Waals surface area contributed by atoms with Crippen LogP contribution in [-0.4, -0.2) is 36.0 Å². The van der Waals surface area contributed by atoms with Crippen LogP contribution in [0.5, 0.6) is 0 Å². The van der Waals surface area contributed by atoms with Crippen LogP contribution < -0.4 is 10.6 Å². The van der Waals surface area contributed by atoms with Crippen molar-refractivity contribution in [3.8, 4) is 0 Å². The van der Waals surface area contributed by atoms with E-state index in [1.165, 1.54) is 0 Å². The Morgan fingerprint density at radius 3 is 1.94 bits per heavy atom. The standard InChI is InChI=1S/C12H22N2O4/c1-4-12(5-2,11(17)18)7-9(15)14-8-10(16)13-6-3/h4-8H2,1-3H3,(H,13,16)(H,14,15)(H,17,18). The molecule has 0 radical (unpaired) electrons. The second-order valence-corrected chi connectivity index (χ2v) is 4.20.